The lowest BCUT2D eigenvalue weighted by molar-refractivity contribution is -0.104. The second kappa shape index (κ2) is 9.79. The smallest absolute Gasteiger partial charge is 0.129 e. The molecular formula is C29H38FN3O2. The average molecular weight is 480 g/mol. The van der Waals surface area contributed by atoms with Gasteiger partial charge in [0.25, 0.3) is 0 Å². The number of fused-ring (bicyclic) bond motifs is 2. The van der Waals surface area contributed by atoms with Crippen LogP contribution in [-0.4, -0.2) is 49.0 Å². The molecule has 5 nitrogen and oxygen atoms in total. The summed E-state index contributed by atoms with van der Waals surface area (Å²) in [5.74, 6) is -0.115. The number of rotatable bonds is 7. The number of morpholine rings is 1. The van der Waals surface area contributed by atoms with E-state index in [0.717, 1.165) is 82.6 Å². The van der Waals surface area contributed by atoms with Gasteiger partial charge < -0.3 is 19.7 Å². The SMILES string of the molecule is Fc1cc(N2C3CCC2COC3)ccc1CNCCC1(c2ccccn2)CCOC2(CCCC2)C1. The highest BCUT2D eigenvalue weighted by molar-refractivity contribution is 5.52. The fourth-order valence-electron chi connectivity index (χ4n) is 7.24. The lowest BCUT2D eigenvalue weighted by atomic mass is 9.68. The van der Waals surface area contributed by atoms with Crippen LogP contribution in [0.25, 0.3) is 0 Å². The summed E-state index contributed by atoms with van der Waals surface area (Å²) in [5.41, 5.74) is 2.97. The topological polar surface area (TPSA) is 46.6 Å². The van der Waals surface area contributed by atoms with Gasteiger partial charge in [-0.1, -0.05) is 25.0 Å². The van der Waals surface area contributed by atoms with Crippen molar-refractivity contribution in [3.8, 4) is 0 Å². The molecule has 2 bridgehead atoms. The Kier molecular flexibility index (Phi) is 6.54. The van der Waals surface area contributed by atoms with Gasteiger partial charge in [0.05, 0.1) is 30.9 Å². The van der Waals surface area contributed by atoms with E-state index in [0.29, 0.717) is 18.6 Å². The number of hydrogen-bond acceptors (Lipinski definition) is 5. The van der Waals surface area contributed by atoms with Crippen LogP contribution in [0.1, 0.15) is 69.0 Å². The van der Waals surface area contributed by atoms with Crippen LogP contribution in [0.4, 0.5) is 10.1 Å². The Hall–Kier alpha value is -2.02. The maximum Gasteiger partial charge on any atom is 0.129 e. The second-order valence-corrected chi connectivity index (χ2v) is 11.2. The summed E-state index contributed by atoms with van der Waals surface area (Å²) >= 11 is 0. The zero-order chi connectivity index (χ0) is 23.7. The van der Waals surface area contributed by atoms with Crippen LogP contribution in [0, 0.1) is 5.82 Å². The number of nitrogens with one attached hydrogen (secondary N) is 1. The van der Waals surface area contributed by atoms with Crippen molar-refractivity contribution < 1.29 is 13.9 Å². The van der Waals surface area contributed by atoms with Gasteiger partial charge in [-0.15, -0.1) is 0 Å². The molecule has 1 aromatic heterocycles. The fraction of sp³-hybridized carbons (Fsp3) is 0.621. The molecule has 1 aromatic carbocycles. The maximum atomic E-state index is 15.1. The van der Waals surface area contributed by atoms with Gasteiger partial charge in [-0.3, -0.25) is 4.98 Å². The summed E-state index contributed by atoms with van der Waals surface area (Å²) in [6, 6.07) is 12.8. The monoisotopic (exact) mass is 479 g/mol. The minimum atomic E-state index is -0.115. The molecule has 3 unspecified atom stereocenters. The van der Waals surface area contributed by atoms with E-state index in [1.807, 2.05) is 18.3 Å². The van der Waals surface area contributed by atoms with Gasteiger partial charge in [0, 0.05) is 41.7 Å². The largest absolute Gasteiger partial charge is 0.377 e. The van der Waals surface area contributed by atoms with Gasteiger partial charge >= 0.3 is 0 Å². The molecule has 0 amide bonds. The number of ether oxygens (including phenoxy) is 2. The van der Waals surface area contributed by atoms with E-state index in [4.69, 9.17) is 14.5 Å². The van der Waals surface area contributed by atoms with E-state index < -0.39 is 0 Å². The predicted octanol–water partition coefficient (Wildman–Crippen LogP) is 5.13. The van der Waals surface area contributed by atoms with Crippen molar-refractivity contribution in [2.24, 2.45) is 0 Å². The van der Waals surface area contributed by atoms with E-state index >= 15 is 4.39 Å². The molecule has 4 heterocycles. The molecule has 3 atom stereocenters. The normalized spacial score (nSPS) is 29.7. The van der Waals surface area contributed by atoms with Gasteiger partial charge in [0.15, 0.2) is 0 Å². The molecule has 3 aliphatic heterocycles. The molecule has 1 aliphatic carbocycles. The lowest BCUT2D eigenvalue weighted by Crippen LogP contribution is -2.47. The predicted molar refractivity (Wildman–Crippen MR) is 135 cm³/mol. The van der Waals surface area contributed by atoms with E-state index in [2.05, 4.69) is 28.4 Å². The fourth-order valence-corrected chi connectivity index (χ4v) is 7.24. The van der Waals surface area contributed by atoms with Crippen molar-refractivity contribution in [1.29, 1.82) is 0 Å². The molecular weight excluding hydrogens is 441 g/mol. The summed E-state index contributed by atoms with van der Waals surface area (Å²) in [6.45, 7) is 3.69. The number of aromatic nitrogens is 1. The van der Waals surface area contributed by atoms with E-state index in [1.165, 1.54) is 18.5 Å². The van der Waals surface area contributed by atoms with E-state index in [1.54, 1.807) is 6.07 Å². The first kappa shape index (κ1) is 23.4. The third kappa shape index (κ3) is 4.61. The minimum absolute atomic E-state index is 0.0227. The first-order valence-corrected chi connectivity index (χ1v) is 13.6. The minimum Gasteiger partial charge on any atom is -0.377 e. The van der Waals surface area contributed by atoms with Crippen molar-refractivity contribution >= 4 is 5.69 Å². The molecule has 1 N–H and O–H groups in total. The van der Waals surface area contributed by atoms with Crippen LogP contribution < -0.4 is 10.2 Å². The van der Waals surface area contributed by atoms with Crippen LogP contribution >= 0.6 is 0 Å². The summed E-state index contributed by atoms with van der Waals surface area (Å²) in [5, 5.41) is 3.55. The maximum absolute atomic E-state index is 15.1. The highest BCUT2D eigenvalue weighted by Gasteiger charge is 2.48. The van der Waals surface area contributed by atoms with Crippen molar-refractivity contribution in [2.45, 2.75) is 87.4 Å². The molecule has 0 radical (unpaired) electrons. The van der Waals surface area contributed by atoms with Gasteiger partial charge in [-0.05, 0) is 75.8 Å². The Morgan fingerprint density at radius 3 is 2.63 bits per heavy atom. The molecule has 188 valence electrons. The Balaban J connectivity index is 1.11. The molecule has 4 aliphatic rings. The number of benzene rings is 1. The summed E-state index contributed by atoms with van der Waals surface area (Å²) < 4.78 is 27.1. The van der Waals surface area contributed by atoms with Gasteiger partial charge in [0.1, 0.15) is 5.82 Å². The van der Waals surface area contributed by atoms with Crippen molar-refractivity contribution in [3.05, 3.63) is 59.7 Å². The van der Waals surface area contributed by atoms with Crippen molar-refractivity contribution in [1.82, 2.24) is 10.3 Å². The van der Waals surface area contributed by atoms with Gasteiger partial charge in [-0.25, -0.2) is 4.39 Å². The molecule has 3 saturated heterocycles. The molecule has 35 heavy (non-hydrogen) atoms. The molecule has 6 heteroatoms. The third-order valence-electron chi connectivity index (χ3n) is 9.04. The number of nitrogens with zero attached hydrogens (tertiary/aromatic N) is 2. The van der Waals surface area contributed by atoms with Crippen molar-refractivity contribution in [3.63, 3.8) is 0 Å². The highest BCUT2D eigenvalue weighted by Crippen LogP contribution is 2.49. The lowest BCUT2D eigenvalue weighted by Gasteiger charge is -2.46. The standard InChI is InChI=1S/C29H38FN3O2/c30-26-17-23(33-24-8-9-25(33)20-34-19-24)7-6-22(26)18-31-15-12-28(27-5-1-4-14-32-27)13-16-35-29(21-28)10-2-3-11-29/h1,4-7,14,17,24-25,31H,2-3,8-13,15-16,18-21H2. The highest BCUT2D eigenvalue weighted by atomic mass is 19.1. The van der Waals surface area contributed by atoms with Crippen LogP contribution in [-0.2, 0) is 21.4 Å². The number of hydrogen-bond donors (Lipinski definition) is 1. The molecule has 4 fully saturated rings. The van der Waals surface area contributed by atoms with Crippen LogP contribution in [0.3, 0.4) is 0 Å². The zero-order valence-corrected chi connectivity index (χ0v) is 20.7. The molecule has 2 aromatic rings. The van der Waals surface area contributed by atoms with Gasteiger partial charge in [-0.2, -0.15) is 0 Å². The second-order valence-electron chi connectivity index (χ2n) is 11.2. The summed E-state index contributed by atoms with van der Waals surface area (Å²) in [6.07, 6.45) is 12.1. The van der Waals surface area contributed by atoms with Crippen LogP contribution in [0.15, 0.2) is 42.6 Å². The Labute approximate surface area is 208 Å². The van der Waals surface area contributed by atoms with Gasteiger partial charge in [0.2, 0.25) is 0 Å². The molecule has 6 rings (SSSR count). The number of anilines is 1. The quantitative estimate of drug-likeness (QED) is 0.558. The molecule has 1 saturated carbocycles. The first-order chi connectivity index (χ1) is 17.2. The van der Waals surface area contributed by atoms with Crippen LogP contribution in [0.5, 0.6) is 0 Å². The zero-order valence-electron chi connectivity index (χ0n) is 20.7. The van der Waals surface area contributed by atoms with E-state index in [-0.39, 0.29) is 16.8 Å². The van der Waals surface area contributed by atoms with E-state index in [9.17, 15) is 0 Å². The van der Waals surface area contributed by atoms with Crippen molar-refractivity contribution in [2.75, 3.05) is 31.3 Å². The number of pyridine rings is 1. The Morgan fingerprint density at radius 2 is 1.89 bits per heavy atom. The molecule has 1 spiro atoms. The third-order valence-corrected chi connectivity index (χ3v) is 9.04. The summed E-state index contributed by atoms with van der Waals surface area (Å²) in [7, 11) is 0. The first-order valence-electron chi connectivity index (χ1n) is 13.6. The average Bonchev–Trinajstić information content (AvgIpc) is 3.43. The van der Waals surface area contributed by atoms with Crippen LogP contribution in [0.2, 0.25) is 0 Å². The Bertz CT molecular complexity index is 996. The summed E-state index contributed by atoms with van der Waals surface area (Å²) in [4.78, 5) is 7.17. The Morgan fingerprint density at radius 1 is 1.06 bits per heavy atom. The number of halogens is 1.